The second-order valence-corrected chi connectivity index (χ2v) is 38.6. The molecule has 0 radical (unpaired) electrons. The van der Waals surface area contributed by atoms with Gasteiger partial charge in [0.1, 0.15) is 11.7 Å². The number of carbonyl (C=O) groups excluding carboxylic acids is 7. The van der Waals surface area contributed by atoms with Crippen LogP contribution in [0.15, 0.2) is 99.2 Å². The van der Waals surface area contributed by atoms with E-state index in [0.717, 1.165) is 82.0 Å². The molecular weight excluding hydrogens is 1470 g/mol. The summed E-state index contributed by atoms with van der Waals surface area (Å²) in [6.07, 6.45) is 81.1. The predicted octanol–water partition coefficient (Wildman–Crippen LogP) is 33.1. The smallest absolute Gasteiger partial charge is 0.333 e. The molecule has 11 heteroatoms. The van der Waals surface area contributed by atoms with E-state index in [1.807, 2.05) is 13.8 Å². The first-order chi connectivity index (χ1) is 56.4. The fourth-order valence-electron chi connectivity index (χ4n) is 14.7. The molecule has 0 aromatic rings. The summed E-state index contributed by atoms with van der Waals surface area (Å²) < 4.78 is 20.6. The van der Waals surface area contributed by atoms with Gasteiger partial charge in [-0.05, 0) is 170 Å². The number of hydrogen-bond acceptors (Lipinski definition) is 11. The molecule has 0 bridgehead atoms. The Balaban J connectivity index is -0.000000429. The summed E-state index contributed by atoms with van der Waals surface area (Å²) >= 11 is 0. The van der Waals surface area contributed by atoms with Gasteiger partial charge in [-0.3, -0.25) is 14.4 Å². The summed E-state index contributed by atoms with van der Waals surface area (Å²) in [6, 6.07) is 0. The van der Waals surface area contributed by atoms with Crippen LogP contribution in [-0.2, 0) is 52.5 Å². The van der Waals surface area contributed by atoms with Crippen molar-refractivity contribution >= 4 is 41.2 Å². The minimum Gasteiger partial charge on any atom is -0.463 e. The number of allylic oxidation sites excluding steroid dienone is 5. The molecule has 0 aromatic carbocycles. The largest absolute Gasteiger partial charge is 0.463 e. The van der Waals surface area contributed by atoms with Gasteiger partial charge in [0.25, 0.3) is 0 Å². The lowest BCUT2D eigenvalue weighted by Crippen LogP contribution is -2.32. The Morgan fingerprint density at radius 2 is 0.723 bits per heavy atom. The first kappa shape index (κ1) is 122. The van der Waals surface area contributed by atoms with E-state index in [9.17, 15) is 33.6 Å². The highest BCUT2D eigenvalue weighted by Crippen LogP contribution is 2.39. The molecule has 119 heavy (non-hydrogen) atoms. The predicted molar refractivity (Wildman–Crippen MR) is 516 cm³/mol. The van der Waals surface area contributed by atoms with Crippen LogP contribution in [0.1, 0.15) is 484 Å². The third-order valence-corrected chi connectivity index (χ3v) is 22.0. The van der Waals surface area contributed by atoms with E-state index in [1.54, 1.807) is 20.8 Å². The van der Waals surface area contributed by atoms with Crippen LogP contribution < -0.4 is 0 Å². The molecule has 2 unspecified atom stereocenters. The Labute approximate surface area is 738 Å². The van der Waals surface area contributed by atoms with Crippen molar-refractivity contribution < 1.29 is 52.5 Å². The monoisotopic (exact) mass is 1670 g/mol. The number of unbranched alkanes of at least 4 members (excludes halogenated alkanes) is 34. The molecule has 694 valence electrons. The van der Waals surface area contributed by atoms with Gasteiger partial charge in [-0.25, -0.2) is 19.2 Å². The highest BCUT2D eigenvalue weighted by Gasteiger charge is 2.31. The Hall–Kier alpha value is -5.19. The maximum Gasteiger partial charge on any atom is 0.333 e. The van der Waals surface area contributed by atoms with Crippen LogP contribution in [0.25, 0.3) is 0 Å². The van der Waals surface area contributed by atoms with Crippen LogP contribution in [0, 0.1) is 40.4 Å². The summed E-state index contributed by atoms with van der Waals surface area (Å²) in [4.78, 5) is 77.5. The molecule has 2 aliphatic rings. The molecule has 0 spiro atoms. The van der Waals surface area contributed by atoms with Crippen LogP contribution >= 0.6 is 0 Å². The van der Waals surface area contributed by atoms with Gasteiger partial charge >= 0.3 is 23.9 Å². The van der Waals surface area contributed by atoms with Gasteiger partial charge in [0.15, 0.2) is 17.3 Å². The number of rotatable bonds is 63. The van der Waals surface area contributed by atoms with Crippen molar-refractivity contribution in [3.63, 3.8) is 0 Å². The van der Waals surface area contributed by atoms with Crippen molar-refractivity contribution in [2.75, 3.05) is 13.2 Å². The molecule has 0 aromatic heterocycles. The summed E-state index contributed by atoms with van der Waals surface area (Å²) in [5.74, 6) is 3.25. The lowest BCUT2D eigenvalue weighted by molar-refractivity contribution is -0.154. The van der Waals surface area contributed by atoms with Gasteiger partial charge in [0, 0.05) is 42.6 Å². The molecule has 2 rings (SSSR count). The maximum absolute atomic E-state index is 11.3. The lowest BCUT2D eigenvalue weighted by Gasteiger charge is -2.35. The second kappa shape index (κ2) is 85.0. The Bertz CT molecular complexity index is 2570. The van der Waals surface area contributed by atoms with Crippen LogP contribution in [0.4, 0.5) is 0 Å². The average molecular weight is 1670 g/mol. The zero-order valence-corrected chi connectivity index (χ0v) is 81.9. The van der Waals surface area contributed by atoms with Gasteiger partial charge in [-0.15, -0.1) is 0 Å². The minimum absolute atomic E-state index is 0.152. The van der Waals surface area contributed by atoms with Crippen LogP contribution in [-0.4, -0.2) is 66.1 Å². The highest BCUT2D eigenvalue weighted by atomic mass is 16.6. The number of Topliss-reactive ketones (excluding diaryl/α,β-unsaturated/α-hetero) is 1. The van der Waals surface area contributed by atoms with Crippen molar-refractivity contribution in [3.8, 4) is 0 Å². The van der Waals surface area contributed by atoms with Crippen LogP contribution in [0.5, 0.6) is 0 Å². The fourth-order valence-corrected chi connectivity index (χ4v) is 14.7. The molecule has 0 heterocycles. The molecule has 0 amide bonds. The molecular formula is C108H196O11. The Kier molecular flexibility index (Phi) is 87.4. The topological polar surface area (TPSA) is 156 Å². The van der Waals surface area contributed by atoms with Crippen LogP contribution in [0.3, 0.4) is 0 Å². The number of carbonyl (C=O) groups is 7. The quantitative estimate of drug-likeness (QED) is 0.0188. The lowest BCUT2D eigenvalue weighted by atomic mass is 9.73. The van der Waals surface area contributed by atoms with Gasteiger partial charge in [-0.1, -0.05) is 411 Å². The van der Waals surface area contributed by atoms with Crippen molar-refractivity contribution in [3.05, 3.63) is 99.2 Å². The molecule has 0 saturated heterocycles. The molecule has 2 aliphatic carbocycles. The van der Waals surface area contributed by atoms with Crippen LogP contribution in [0.2, 0.25) is 0 Å². The van der Waals surface area contributed by atoms with Gasteiger partial charge in [0.05, 0.1) is 13.2 Å². The van der Waals surface area contributed by atoms with E-state index < -0.39 is 5.60 Å². The molecule has 2 saturated carbocycles. The van der Waals surface area contributed by atoms with Gasteiger partial charge < -0.3 is 18.9 Å². The second-order valence-electron chi connectivity index (χ2n) is 38.6. The van der Waals surface area contributed by atoms with E-state index in [1.165, 1.54) is 300 Å². The molecule has 0 aliphatic heterocycles. The van der Waals surface area contributed by atoms with E-state index in [2.05, 4.69) is 148 Å². The van der Waals surface area contributed by atoms with Gasteiger partial charge in [-0.2, -0.15) is 0 Å². The van der Waals surface area contributed by atoms with Crippen molar-refractivity contribution in [1.82, 2.24) is 0 Å². The number of ether oxygens (including phenoxy) is 4. The molecule has 2 fully saturated rings. The maximum atomic E-state index is 11.3. The van der Waals surface area contributed by atoms with Crippen molar-refractivity contribution in [2.24, 2.45) is 40.4 Å². The Morgan fingerprint density at radius 1 is 0.370 bits per heavy atom. The number of hydrogen-bond donors (Lipinski definition) is 0. The number of esters is 4. The summed E-state index contributed by atoms with van der Waals surface area (Å²) in [5, 5.41) is 0. The summed E-state index contributed by atoms with van der Waals surface area (Å²) in [6.45, 7) is 63.2. The van der Waals surface area contributed by atoms with Crippen molar-refractivity contribution in [1.29, 1.82) is 0 Å². The van der Waals surface area contributed by atoms with E-state index in [0.29, 0.717) is 66.4 Å². The average Bonchev–Trinajstić information content (AvgIpc) is 0.870. The third-order valence-electron chi connectivity index (χ3n) is 22.0. The summed E-state index contributed by atoms with van der Waals surface area (Å²) in [5.41, 5.74) is 1.71. The van der Waals surface area contributed by atoms with Crippen molar-refractivity contribution in [2.45, 2.75) is 496 Å². The fraction of sp³-hybridized carbons (Fsp3) is 0.787. The highest BCUT2D eigenvalue weighted by molar-refractivity contribution is 5.94. The zero-order chi connectivity index (χ0) is 90.8. The molecule has 2 atom stereocenters. The van der Waals surface area contributed by atoms with E-state index >= 15 is 0 Å². The van der Waals surface area contributed by atoms with Gasteiger partial charge in [0.2, 0.25) is 0 Å². The minimum atomic E-state index is -0.422. The molecule has 11 nitrogen and oxygen atoms in total. The third kappa shape index (κ3) is 96.5. The first-order valence-corrected chi connectivity index (χ1v) is 48.9. The first-order valence-electron chi connectivity index (χ1n) is 48.9. The van der Waals surface area contributed by atoms with E-state index in [-0.39, 0.29) is 52.7 Å². The van der Waals surface area contributed by atoms with E-state index in [4.69, 9.17) is 18.9 Å². The Morgan fingerprint density at radius 3 is 1.06 bits per heavy atom. The zero-order valence-electron chi connectivity index (χ0n) is 81.9. The summed E-state index contributed by atoms with van der Waals surface area (Å²) in [7, 11) is 0. The normalized spacial score (nSPS) is 14.4. The number of ketones is 3. The standard InChI is InChI=1S/C24H46O.C17H32O.C16H28O2.C15H24O2.2C12H22O2.C12H22O/c1-3-5-6-7-8-9-10-11-12-13-14-15-16-17-18-19-20-21-22-23-24(25)4-2;1-4-5-6-7-8-9-10-11-12-13-14-15-17(18)16(2)3;1-13(2)15(17)18-12-10-14(3)9-7-8-11-16(4,5)6;1-2-15(16)17-14-10-8-13(9-11-14)12-6-4-3-5-7-12;1-9(2)10(13)14-12(6,7)8-11(3,4)5;1-5-12(13)14-9-8-11(4)7-6-10(2)3;1-3-5-6-7-8-9-10-11-12(13)4-2/h4H,2-3,5-23H2,1H3;2,4-15H2,1,3H3;7-8,14H,1,9-12H2,2-6H3;2,12-14H,1,3-11H2;1,8H2,2-7H3;5,10-11H,1,6-9H2,2-4H3;4H,2-3,5-11H2,1H3/b;;8-7+;;;;. The SMILES string of the molecule is C=C(C)C(=O)CCCCCCCCCCCCC.C=C(C)C(=O)OC(C)(C)CC(C)(C)C.C=C(C)C(=O)OCCC(C)C/C=C/CC(C)(C)C.C=CC(=O)CCCCCCCCC.C=CC(=O)CCCCCCCCCCCCCCCCCCCCC.C=CC(=O)OC1CCC(C2CCCCC2)CC1.C=CC(=O)OCCC(C)CCC(C)C. The molecule has 0 N–H and O–H groups in total.